The van der Waals surface area contributed by atoms with Crippen LogP contribution in [0.15, 0.2) is 47.1 Å². The second-order valence-corrected chi connectivity index (χ2v) is 4.37. The Hall–Kier alpha value is -2.40. The van der Waals surface area contributed by atoms with Crippen LogP contribution in [0.4, 0.5) is 0 Å². The van der Waals surface area contributed by atoms with Crippen molar-refractivity contribution in [2.45, 2.75) is 13.2 Å². The molecule has 5 nitrogen and oxygen atoms in total. The predicted molar refractivity (Wildman–Crippen MR) is 73.3 cm³/mol. The highest BCUT2D eigenvalue weighted by Crippen LogP contribution is 2.19. The van der Waals surface area contributed by atoms with Gasteiger partial charge in [-0.2, -0.15) is 0 Å². The number of rotatable bonds is 5. The number of fused-ring (bicyclic) bond motifs is 1. The topological polar surface area (TPSA) is 57.4 Å². The first-order valence-electron chi connectivity index (χ1n) is 6.26. The molecule has 0 radical (unpaired) electrons. The molecular formula is C15H14N2O3. The molecule has 0 saturated carbocycles. The summed E-state index contributed by atoms with van der Waals surface area (Å²) in [5.74, 6) is 1.39. The third kappa shape index (κ3) is 2.78. The van der Waals surface area contributed by atoms with Gasteiger partial charge in [0.2, 0.25) is 0 Å². The van der Waals surface area contributed by atoms with Crippen LogP contribution in [0.3, 0.4) is 0 Å². The minimum absolute atomic E-state index is 0.341. The predicted octanol–water partition coefficient (Wildman–Crippen LogP) is 2.95. The Balaban J connectivity index is 1.69. The monoisotopic (exact) mass is 270 g/mol. The van der Waals surface area contributed by atoms with Crippen LogP contribution in [0.5, 0.6) is 5.75 Å². The Morgan fingerprint density at radius 3 is 2.95 bits per heavy atom. The van der Waals surface area contributed by atoms with Gasteiger partial charge in [-0.3, -0.25) is 4.98 Å². The van der Waals surface area contributed by atoms with E-state index in [1.165, 1.54) is 0 Å². The minimum atomic E-state index is 0.341. The molecule has 0 fully saturated rings. The molecule has 20 heavy (non-hydrogen) atoms. The van der Waals surface area contributed by atoms with Gasteiger partial charge in [-0.05, 0) is 12.1 Å². The summed E-state index contributed by atoms with van der Waals surface area (Å²) in [4.78, 5) is 4.34. The van der Waals surface area contributed by atoms with Crippen molar-refractivity contribution in [3.8, 4) is 5.75 Å². The van der Waals surface area contributed by atoms with Gasteiger partial charge in [0.05, 0.1) is 11.7 Å². The largest absolute Gasteiger partial charge is 0.486 e. The zero-order valence-corrected chi connectivity index (χ0v) is 11.1. The van der Waals surface area contributed by atoms with Gasteiger partial charge in [-0.25, -0.2) is 0 Å². The molecule has 0 aliphatic heterocycles. The number of pyridine rings is 1. The molecule has 102 valence electrons. The third-order valence-electron chi connectivity index (χ3n) is 2.85. The average molecular weight is 270 g/mol. The van der Waals surface area contributed by atoms with E-state index in [1.807, 2.05) is 36.4 Å². The van der Waals surface area contributed by atoms with Crippen molar-refractivity contribution < 1.29 is 14.0 Å². The SMILES string of the molecule is COCc1cc(COc2cnc3ccccc3c2)no1. The average Bonchev–Trinajstić information content (AvgIpc) is 2.93. The van der Waals surface area contributed by atoms with Crippen LogP contribution >= 0.6 is 0 Å². The fourth-order valence-corrected chi connectivity index (χ4v) is 1.92. The van der Waals surface area contributed by atoms with Crippen molar-refractivity contribution in [2.75, 3.05) is 7.11 Å². The highest BCUT2D eigenvalue weighted by Gasteiger charge is 2.05. The van der Waals surface area contributed by atoms with Gasteiger partial charge in [0, 0.05) is 18.6 Å². The Labute approximate surface area is 116 Å². The zero-order chi connectivity index (χ0) is 13.8. The molecule has 1 aromatic carbocycles. The number of ether oxygens (including phenoxy) is 2. The van der Waals surface area contributed by atoms with E-state index >= 15 is 0 Å². The molecule has 0 atom stereocenters. The number of benzene rings is 1. The van der Waals surface area contributed by atoms with Crippen LogP contribution in [-0.4, -0.2) is 17.3 Å². The van der Waals surface area contributed by atoms with Crippen molar-refractivity contribution in [1.82, 2.24) is 10.1 Å². The van der Waals surface area contributed by atoms with E-state index in [0.717, 1.165) is 16.6 Å². The van der Waals surface area contributed by atoms with Gasteiger partial charge in [0.1, 0.15) is 24.7 Å². The first kappa shape index (κ1) is 12.6. The number of hydrogen-bond donors (Lipinski definition) is 0. The van der Waals surface area contributed by atoms with Crippen LogP contribution in [0, 0.1) is 0 Å². The summed E-state index contributed by atoms with van der Waals surface area (Å²) in [6.45, 7) is 0.748. The van der Waals surface area contributed by atoms with Gasteiger partial charge in [-0.15, -0.1) is 0 Å². The first-order chi connectivity index (χ1) is 9.85. The molecule has 3 aromatic rings. The lowest BCUT2D eigenvalue weighted by Crippen LogP contribution is -1.96. The van der Waals surface area contributed by atoms with E-state index in [-0.39, 0.29) is 0 Å². The molecule has 2 heterocycles. The summed E-state index contributed by atoms with van der Waals surface area (Å²) in [5.41, 5.74) is 1.67. The van der Waals surface area contributed by atoms with E-state index in [0.29, 0.717) is 24.7 Å². The lowest BCUT2D eigenvalue weighted by atomic mass is 10.2. The zero-order valence-electron chi connectivity index (χ0n) is 11.1. The maximum absolute atomic E-state index is 5.67. The molecule has 0 amide bonds. The number of hydrogen-bond acceptors (Lipinski definition) is 5. The molecule has 3 rings (SSSR count). The summed E-state index contributed by atoms with van der Waals surface area (Å²) in [7, 11) is 1.61. The number of para-hydroxylation sites is 1. The minimum Gasteiger partial charge on any atom is -0.486 e. The Kier molecular flexibility index (Phi) is 3.60. The van der Waals surface area contributed by atoms with Crippen molar-refractivity contribution in [3.63, 3.8) is 0 Å². The van der Waals surface area contributed by atoms with E-state index < -0.39 is 0 Å². The van der Waals surface area contributed by atoms with E-state index in [9.17, 15) is 0 Å². The Morgan fingerprint density at radius 1 is 1.15 bits per heavy atom. The van der Waals surface area contributed by atoms with Gasteiger partial charge >= 0.3 is 0 Å². The smallest absolute Gasteiger partial charge is 0.162 e. The van der Waals surface area contributed by atoms with Crippen molar-refractivity contribution in [2.24, 2.45) is 0 Å². The fourth-order valence-electron chi connectivity index (χ4n) is 1.92. The van der Waals surface area contributed by atoms with Crippen LogP contribution in [0.25, 0.3) is 10.9 Å². The van der Waals surface area contributed by atoms with Crippen molar-refractivity contribution in [3.05, 3.63) is 54.0 Å². The van der Waals surface area contributed by atoms with Gasteiger partial charge in [-0.1, -0.05) is 23.4 Å². The fraction of sp³-hybridized carbons (Fsp3) is 0.200. The normalized spacial score (nSPS) is 10.8. The molecule has 0 saturated heterocycles. The number of nitrogens with zero attached hydrogens (tertiary/aromatic N) is 2. The van der Waals surface area contributed by atoms with Crippen LogP contribution < -0.4 is 4.74 Å². The molecule has 0 bridgehead atoms. The number of aromatic nitrogens is 2. The molecule has 0 spiro atoms. The molecule has 0 aliphatic rings. The van der Waals surface area contributed by atoms with Crippen LogP contribution in [-0.2, 0) is 18.0 Å². The maximum Gasteiger partial charge on any atom is 0.162 e. The van der Waals surface area contributed by atoms with Crippen molar-refractivity contribution >= 4 is 10.9 Å². The van der Waals surface area contributed by atoms with Crippen LogP contribution in [0.1, 0.15) is 11.5 Å². The molecule has 5 heteroatoms. The number of methoxy groups -OCH3 is 1. The van der Waals surface area contributed by atoms with Gasteiger partial charge in [0.25, 0.3) is 0 Å². The lowest BCUT2D eigenvalue weighted by Gasteiger charge is -2.04. The quantitative estimate of drug-likeness (QED) is 0.713. The molecular weight excluding hydrogens is 256 g/mol. The maximum atomic E-state index is 5.67. The van der Waals surface area contributed by atoms with E-state index in [1.54, 1.807) is 13.3 Å². The molecule has 0 unspecified atom stereocenters. The highest BCUT2D eigenvalue weighted by atomic mass is 16.5. The molecule has 0 N–H and O–H groups in total. The standard InChI is InChI=1S/C15H14N2O3/c1-18-10-14-7-12(17-20-14)9-19-13-6-11-4-2-3-5-15(11)16-8-13/h2-8H,9-10H2,1H3. The van der Waals surface area contributed by atoms with Crippen molar-refractivity contribution in [1.29, 1.82) is 0 Å². The summed E-state index contributed by atoms with van der Waals surface area (Å²) in [6, 6.07) is 11.7. The second kappa shape index (κ2) is 5.71. The van der Waals surface area contributed by atoms with E-state index in [4.69, 9.17) is 14.0 Å². The summed E-state index contributed by atoms with van der Waals surface area (Å²) in [6.07, 6.45) is 1.71. The molecule has 2 aromatic heterocycles. The first-order valence-corrected chi connectivity index (χ1v) is 6.26. The lowest BCUT2D eigenvalue weighted by molar-refractivity contribution is 0.155. The summed E-state index contributed by atoms with van der Waals surface area (Å²) in [5, 5.41) is 4.96. The third-order valence-corrected chi connectivity index (χ3v) is 2.85. The molecule has 0 aliphatic carbocycles. The summed E-state index contributed by atoms with van der Waals surface area (Å²) >= 11 is 0. The summed E-state index contributed by atoms with van der Waals surface area (Å²) < 4.78 is 15.7. The van der Waals surface area contributed by atoms with Crippen LogP contribution in [0.2, 0.25) is 0 Å². The Morgan fingerprint density at radius 2 is 2.05 bits per heavy atom. The van der Waals surface area contributed by atoms with Gasteiger partial charge in [0.15, 0.2) is 5.76 Å². The highest BCUT2D eigenvalue weighted by molar-refractivity contribution is 5.79. The van der Waals surface area contributed by atoms with Gasteiger partial charge < -0.3 is 14.0 Å². The second-order valence-electron chi connectivity index (χ2n) is 4.37. The Bertz CT molecular complexity index is 709. The van der Waals surface area contributed by atoms with E-state index in [2.05, 4.69) is 10.1 Å².